The molecule has 2 atom stereocenters. The van der Waals surface area contributed by atoms with E-state index in [1.165, 1.54) is 0 Å². The third-order valence-electron chi connectivity index (χ3n) is 3.34. The van der Waals surface area contributed by atoms with Crippen LogP contribution in [-0.2, 0) is 11.2 Å². The minimum Gasteiger partial charge on any atom is -0.374 e. The Bertz CT molecular complexity index is 371. The molecule has 0 bridgehead atoms. The van der Waals surface area contributed by atoms with Crippen LogP contribution in [0.4, 0.5) is 0 Å². The number of nitrogens with zero attached hydrogens (tertiary/aromatic N) is 2. The normalized spacial score (nSPS) is 22.9. The Hall–Kier alpha value is -0.490. The first-order valence-corrected chi connectivity index (χ1v) is 7.18. The summed E-state index contributed by atoms with van der Waals surface area (Å²) in [6.07, 6.45) is 2.68. The van der Waals surface area contributed by atoms with E-state index in [-0.39, 0.29) is 12.1 Å². The molecule has 1 saturated heterocycles. The molecule has 2 rings (SSSR count). The van der Waals surface area contributed by atoms with Gasteiger partial charge in [-0.05, 0) is 34.6 Å². The molecule has 1 aliphatic rings. The molecule has 0 amide bonds. The molecule has 5 heteroatoms. The summed E-state index contributed by atoms with van der Waals surface area (Å²) < 4.78 is 6.76. The number of halogens is 1. The Morgan fingerprint density at radius 2 is 2.44 bits per heavy atom. The largest absolute Gasteiger partial charge is 0.374 e. The number of likely N-dealkylation sites (N-methyl/N-ethyl adjacent to an activating group) is 1. The summed E-state index contributed by atoms with van der Waals surface area (Å²) in [5.74, 6) is 0. The van der Waals surface area contributed by atoms with Gasteiger partial charge in [-0.2, -0.15) is 0 Å². The highest BCUT2D eigenvalue weighted by atomic mass is 79.9. The molecule has 0 spiro atoms. The highest BCUT2D eigenvalue weighted by molar-refractivity contribution is 9.10. The SMILES string of the molecule is CCN1CCOC(C(N)Cc2ccc(Br)cn2)C1. The van der Waals surface area contributed by atoms with Gasteiger partial charge in [0.25, 0.3) is 0 Å². The van der Waals surface area contributed by atoms with Crippen molar-refractivity contribution in [2.75, 3.05) is 26.2 Å². The van der Waals surface area contributed by atoms with Crippen molar-refractivity contribution in [3.8, 4) is 0 Å². The summed E-state index contributed by atoms with van der Waals surface area (Å²) in [5.41, 5.74) is 7.25. The van der Waals surface area contributed by atoms with Crippen LogP contribution in [0.15, 0.2) is 22.8 Å². The van der Waals surface area contributed by atoms with Crippen molar-refractivity contribution in [3.63, 3.8) is 0 Å². The Morgan fingerprint density at radius 3 is 3.11 bits per heavy atom. The van der Waals surface area contributed by atoms with E-state index in [1.54, 1.807) is 0 Å². The van der Waals surface area contributed by atoms with E-state index in [0.29, 0.717) is 0 Å². The predicted molar refractivity (Wildman–Crippen MR) is 75.5 cm³/mol. The third kappa shape index (κ3) is 3.75. The van der Waals surface area contributed by atoms with Crippen LogP contribution in [-0.4, -0.2) is 48.3 Å². The molecule has 1 aromatic rings. The first-order chi connectivity index (χ1) is 8.69. The van der Waals surface area contributed by atoms with Crippen LogP contribution in [0.2, 0.25) is 0 Å². The summed E-state index contributed by atoms with van der Waals surface area (Å²) in [4.78, 5) is 6.73. The lowest BCUT2D eigenvalue weighted by atomic mass is 10.0. The van der Waals surface area contributed by atoms with Gasteiger partial charge in [0.15, 0.2) is 0 Å². The molecule has 0 aromatic carbocycles. The lowest BCUT2D eigenvalue weighted by Crippen LogP contribution is -2.51. The number of hydrogen-bond donors (Lipinski definition) is 1. The van der Waals surface area contributed by atoms with Gasteiger partial charge in [-0.1, -0.05) is 6.92 Å². The Kier molecular flexibility index (Phi) is 5.12. The molecule has 1 fully saturated rings. The molecule has 4 nitrogen and oxygen atoms in total. The average molecular weight is 314 g/mol. The molecule has 100 valence electrons. The number of ether oxygens (including phenoxy) is 1. The zero-order valence-corrected chi connectivity index (χ0v) is 12.3. The Labute approximate surface area is 117 Å². The van der Waals surface area contributed by atoms with Gasteiger partial charge in [-0.25, -0.2) is 0 Å². The van der Waals surface area contributed by atoms with E-state index in [0.717, 1.165) is 42.8 Å². The summed E-state index contributed by atoms with van der Waals surface area (Å²) in [5, 5.41) is 0. The zero-order chi connectivity index (χ0) is 13.0. The molecule has 0 aliphatic carbocycles. The van der Waals surface area contributed by atoms with Crippen LogP contribution in [0.25, 0.3) is 0 Å². The van der Waals surface area contributed by atoms with E-state index < -0.39 is 0 Å². The zero-order valence-electron chi connectivity index (χ0n) is 10.7. The van der Waals surface area contributed by atoms with Crippen LogP contribution in [0.1, 0.15) is 12.6 Å². The second-order valence-corrected chi connectivity index (χ2v) is 5.55. The highest BCUT2D eigenvalue weighted by Crippen LogP contribution is 2.13. The van der Waals surface area contributed by atoms with Crippen molar-refractivity contribution in [1.82, 2.24) is 9.88 Å². The van der Waals surface area contributed by atoms with Gasteiger partial charge < -0.3 is 10.5 Å². The minimum absolute atomic E-state index is 0.00743. The topological polar surface area (TPSA) is 51.4 Å². The number of nitrogens with two attached hydrogens (primary N) is 1. The van der Waals surface area contributed by atoms with E-state index in [4.69, 9.17) is 10.5 Å². The van der Waals surface area contributed by atoms with Crippen molar-refractivity contribution in [1.29, 1.82) is 0 Å². The van der Waals surface area contributed by atoms with Gasteiger partial charge in [0, 0.05) is 41.9 Å². The maximum absolute atomic E-state index is 6.23. The molecule has 0 saturated carbocycles. The fraction of sp³-hybridized carbons (Fsp3) is 0.615. The third-order valence-corrected chi connectivity index (χ3v) is 3.80. The van der Waals surface area contributed by atoms with Gasteiger partial charge in [0.2, 0.25) is 0 Å². The first-order valence-electron chi connectivity index (χ1n) is 6.39. The van der Waals surface area contributed by atoms with Crippen molar-refractivity contribution >= 4 is 15.9 Å². The first kappa shape index (κ1) is 13.9. The van der Waals surface area contributed by atoms with E-state index in [9.17, 15) is 0 Å². The lowest BCUT2D eigenvalue weighted by Gasteiger charge is -2.35. The molecule has 2 N–H and O–H groups in total. The molecule has 2 unspecified atom stereocenters. The van der Waals surface area contributed by atoms with Crippen molar-refractivity contribution in [2.24, 2.45) is 5.73 Å². The quantitative estimate of drug-likeness (QED) is 0.913. The van der Waals surface area contributed by atoms with Gasteiger partial charge in [-0.15, -0.1) is 0 Å². The van der Waals surface area contributed by atoms with Gasteiger partial charge in [0.05, 0.1) is 12.7 Å². The smallest absolute Gasteiger partial charge is 0.0856 e. The Balaban J connectivity index is 1.90. The molecule has 2 heterocycles. The minimum atomic E-state index is 0.00743. The second-order valence-electron chi connectivity index (χ2n) is 4.64. The van der Waals surface area contributed by atoms with E-state index in [1.807, 2.05) is 18.3 Å². The van der Waals surface area contributed by atoms with Crippen LogP contribution in [0.3, 0.4) is 0 Å². The molecular weight excluding hydrogens is 294 g/mol. The van der Waals surface area contributed by atoms with Crippen LogP contribution >= 0.6 is 15.9 Å². The maximum Gasteiger partial charge on any atom is 0.0856 e. The molecule has 18 heavy (non-hydrogen) atoms. The van der Waals surface area contributed by atoms with E-state index in [2.05, 4.69) is 32.7 Å². The summed E-state index contributed by atoms with van der Waals surface area (Å²) >= 11 is 3.38. The maximum atomic E-state index is 6.23. The number of hydrogen-bond acceptors (Lipinski definition) is 4. The molecule has 0 radical (unpaired) electrons. The summed E-state index contributed by atoms with van der Waals surface area (Å²) in [6.45, 7) is 5.94. The van der Waals surface area contributed by atoms with Gasteiger partial charge >= 0.3 is 0 Å². The lowest BCUT2D eigenvalue weighted by molar-refractivity contribution is -0.0386. The number of rotatable bonds is 4. The van der Waals surface area contributed by atoms with Gasteiger partial charge in [-0.3, -0.25) is 9.88 Å². The van der Waals surface area contributed by atoms with Crippen molar-refractivity contribution < 1.29 is 4.74 Å². The van der Waals surface area contributed by atoms with Crippen LogP contribution < -0.4 is 5.73 Å². The second kappa shape index (κ2) is 6.61. The fourth-order valence-corrected chi connectivity index (χ4v) is 2.41. The number of aromatic nitrogens is 1. The average Bonchev–Trinajstić information content (AvgIpc) is 2.41. The standard InChI is InChI=1S/C13H20BrN3O/c1-2-17-5-6-18-13(9-17)12(15)7-11-4-3-10(14)8-16-11/h3-4,8,12-13H,2,5-7,9,15H2,1H3. The number of morpholine rings is 1. The van der Waals surface area contributed by atoms with Crippen LogP contribution in [0.5, 0.6) is 0 Å². The van der Waals surface area contributed by atoms with Crippen LogP contribution in [0, 0.1) is 0 Å². The Morgan fingerprint density at radius 1 is 1.61 bits per heavy atom. The number of pyridine rings is 1. The summed E-state index contributed by atoms with van der Waals surface area (Å²) in [6, 6.07) is 4.01. The van der Waals surface area contributed by atoms with E-state index >= 15 is 0 Å². The molecule has 1 aromatic heterocycles. The molecular formula is C13H20BrN3O. The highest BCUT2D eigenvalue weighted by Gasteiger charge is 2.25. The van der Waals surface area contributed by atoms with Gasteiger partial charge in [0.1, 0.15) is 0 Å². The molecule has 1 aliphatic heterocycles. The predicted octanol–water partition coefficient (Wildman–Crippen LogP) is 1.43. The fourth-order valence-electron chi connectivity index (χ4n) is 2.18. The summed E-state index contributed by atoms with van der Waals surface area (Å²) in [7, 11) is 0. The van der Waals surface area contributed by atoms with Crippen molar-refractivity contribution in [3.05, 3.63) is 28.5 Å². The monoisotopic (exact) mass is 313 g/mol. The van der Waals surface area contributed by atoms with Crippen molar-refractivity contribution in [2.45, 2.75) is 25.5 Å².